The van der Waals surface area contributed by atoms with Crippen LogP contribution < -0.4 is 0 Å². The van der Waals surface area contributed by atoms with E-state index in [-0.39, 0.29) is 11.6 Å². The van der Waals surface area contributed by atoms with Gasteiger partial charge in [-0.25, -0.2) is 0 Å². The number of hydrogen-bond acceptors (Lipinski definition) is 2. The zero-order chi connectivity index (χ0) is 25.6. The summed E-state index contributed by atoms with van der Waals surface area (Å²) in [6.45, 7) is 11.4. The molecule has 1 fully saturated rings. The number of hydrogen-bond donors (Lipinski definition) is 0. The van der Waals surface area contributed by atoms with Crippen molar-refractivity contribution in [1.29, 1.82) is 0 Å². The van der Waals surface area contributed by atoms with E-state index in [0.29, 0.717) is 17.8 Å². The summed E-state index contributed by atoms with van der Waals surface area (Å²) in [4.78, 5) is 12.6. The summed E-state index contributed by atoms with van der Waals surface area (Å²) in [5.74, 6) is 0.482. The van der Waals surface area contributed by atoms with Gasteiger partial charge >= 0.3 is 5.97 Å². The fourth-order valence-electron chi connectivity index (χ4n) is 6.76. The van der Waals surface area contributed by atoms with E-state index < -0.39 is 0 Å². The minimum atomic E-state index is -0.349. The lowest BCUT2D eigenvalue weighted by Gasteiger charge is -2.47. The predicted octanol–water partition coefficient (Wildman–Crippen LogP) is 10.9. The number of carbonyl (C=O) groups is 1. The lowest BCUT2D eigenvalue weighted by atomic mass is 9.59. The lowest BCUT2D eigenvalue weighted by molar-refractivity contribution is -0.163. The third-order valence-corrected chi connectivity index (χ3v) is 9.36. The SMILES string of the molecule is CCCCCCCCCCCCCCCCCC(=O)OC(C)(C)[C@@H]1CC[C@]2(C)CCCC(C)=C2C1. The van der Waals surface area contributed by atoms with Crippen LogP contribution >= 0.6 is 0 Å². The van der Waals surface area contributed by atoms with Crippen LogP contribution in [-0.2, 0) is 9.53 Å². The van der Waals surface area contributed by atoms with Crippen molar-refractivity contribution in [2.75, 3.05) is 0 Å². The molecule has 0 radical (unpaired) electrons. The summed E-state index contributed by atoms with van der Waals surface area (Å²) >= 11 is 0. The first-order chi connectivity index (χ1) is 16.8. The van der Waals surface area contributed by atoms with Crippen molar-refractivity contribution in [3.63, 3.8) is 0 Å². The third kappa shape index (κ3) is 11.0. The van der Waals surface area contributed by atoms with Gasteiger partial charge in [-0.3, -0.25) is 4.79 Å². The minimum absolute atomic E-state index is 0.0207. The van der Waals surface area contributed by atoms with E-state index in [0.717, 1.165) is 12.8 Å². The molecule has 0 amide bonds. The maximum absolute atomic E-state index is 12.6. The topological polar surface area (TPSA) is 26.3 Å². The molecule has 0 aromatic heterocycles. The highest BCUT2D eigenvalue weighted by Crippen LogP contribution is 2.53. The first-order valence-electron chi connectivity index (χ1n) is 15.7. The van der Waals surface area contributed by atoms with E-state index >= 15 is 0 Å². The molecule has 2 aliphatic carbocycles. The van der Waals surface area contributed by atoms with E-state index in [1.54, 1.807) is 11.1 Å². The van der Waals surface area contributed by atoms with Gasteiger partial charge in [0.25, 0.3) is 0 Å². The molecule has 2 nitrogen and oxygen atoms in total. The van der Waals surface area contributed by atoms with Crippen LogP contribution in [0.15, 0.2) is 11.1 Å². The van der Waals surface area contributed by atoms with E-state index in [1.807, 2.05) is 0 Å². The Morgan fingerprint density at radius 2 is 1.37 bits per heavy atom. The van der Waals surface area contributed by atoms with Gasteiger partial charge in [0.05, 0.1) is 0 Å². The van der Waals surface area contributed by atoms with Gasteiger partial charge in [0.2, 0.25) is 0 Å². The predicted molar refractivity (Wildman–Crippen MR) is 152 cm³/mol. The Balaban J connectivity index is 1.49. The average Bonchev–Trinajstić information content (AvgIpc) is 2.81. The highest BCUT2D eigenvalue weighted by Gasteiger charge is 2.43. The second-order valence-corrected chi connectivity index (χ2v) is 12.9. The Kier molecular flexibility index (Phi) is 14.0. The first-order valence-corrected chi connectivity index (χ1v) is 15.7. The van der Waals surface area contributed by atoms with Crippen LogP contribution in [0.25, 0.3) is 0 Å². The zero-order valence-electron chi connectivity index (χ0n) is 24.5. The van der Waals surface area contributed by atoms with E-state index in [2.05, 4.69) is 34.6 Å². The molecule has 0 aliphatic heterocycles. The second kappa shape index (κ2) is 16.1. The van der Waals surface area contributed by atoms with Crippen LogP contribution in [0.3, 0.4) is 0 Å². The van der Waals surface area contributed by atoms with Crippen molar-refractivity contribution >= 4 is 5.97 Å². The van der Waals surface area contributed by atoms with Crippen LogP contribution in [0.5, 0.6) is 0 Å². The number of allylic oxidation sites excluding steroid dienone is 2. The highest BCUT2D eigenvalue weighted by atomic mass is 16.6. The van der Waals surface area contributed by atoms with Gasteiger partial charge in [-0.05, 0) is 71.1 Å². The van der Waals surface area contributed by atoms with Crippen LogP contribution in [0.4, 0.5) is 0 Å². The quantitative estimate of drug-likeness (QED) is 0.109. The Morgan fingerprint density at radius 3 is 1.91 bits per heavy atom. The maximum atomic E-state index is 12.6. The van der Waals surface area contributed by atoms with E-state index in [4.69, 9.17) is 4.74 Å². The Bertz CT molecular complexity index is 631. The van der Waals surface area contributed by atoms with Gasteiger partial charge in [-0.1, -0.05) is 115 Å². The second-order valence-electron chi connectivity index (χ2n) is 12.9. The molecule has 2 aliphatic rings. The van der Waals surface area contributed by atoms with Crippen LogP contribution in [0.1, 0.15) is 176 Å². The number of rotatable bonds is 18. The monoisotopic (exact) mass is 488 g/mol. The van der Waals surface area contributed by atoms with Crippen LogP contribution in [0.2, 0.25) is 0 Å². The normalized spacial score (nSPS) is 22.8. The number of esters is 1. The van der Waals surface area contributed by atoms with Gasteiger partial charge in [0.15, 0.2) is 0 Å². The zero-order valence-corrected chi connectivity index (χ0v) is 24.5. The summed E-state index contributed by atoms with van der Waals surface area (Å²) in [6, 6.07) is 0. The average molecular weight is 489 g/mol. The standard InChI is InChI=1S/C33H60O2/c1-6-7-8-9-10-11-12-13-14-15-16-17-18-19-20-23-31(34)35-32(3,4)29-24-26-33(5)25-21-22-28(2)30(33)27-29/h29H,6-27H2,1-5H3/t29-,33+/m1/s1. The van der Waals surface area contributed by atoms with Gasteiger partial charge in [0, 0.05) is 12.3 Å². The van der Waals surface area contributed by atoms with Gasteiger partial charge in [-0.15, -0.1) is 0 Å². The summed E-state index contributed by atoms with van der Waals surface area (Å²) in [5, 5.41) is 0. The molecule has 0 bridgehead atoms. The minimum Gasteiger partial charge on any atom is -0.459 e. The molecule has 0 aromatic carbocycles. The van der Waals surface area contributed by atoms with Crippen LogP contribution in [0, 0.1) is 11.3 Å². The molecule has 0 heterocycles. The number of fused-ring (bicyclic) bond motifs is 1. The molecule has 0 saturated heterocycles. The molecule has 2 heteroatoms. The lowest BCUT2D eigenvalue weighted by Crippen LogP contribution is -2.42. The summed E-state index contributed by atoms with van der Waals surface area (Å²) < 4.78 is 6.08. The van der Waals surface area contributed by atoms with E-state index in [1.165, 1.54) is 122 Å². The smallest absolute Gasteiger partial charge is 0.306 e. The Labute approximate surface area is 219 Å². The maximum Gasteiger partial charge on any atom is 0.306 e. The molecule has 0 unspecified atom stereocenters. The molecule has 0 N–H and O–H groups in total. The molecular formula is C33H60O2. The van der Waals surface area contributed by atoms with Crippen molar-refractivity contribution in [1.82, 2.24) is 0 Å². The van der Waals surface area contributed by atoms with Crippen molar-refractivity contribution in [3.05, 3.63) is 11.1 Å². The molecule has 1 saturated carbocycles. The molecule has 2 rings (SSSR count). The van der Waals surface area contributed by atoms with Gasteiger partial charge < -0.3 is 4.74 Å². The fraction of sp³-hybridized carbons (Fsp3) is 0.909. The molecule has 2 atom stereocenters. The van der Waals surface area contributed by atoms with Crippen molar-refractivity contribution in [2.45, 2.75) is 181 Å². The Morgan fingerprint density at radius 1 is 0.857 bits per heavy atom. The van der Waals surface area contributed by atoms with Crippen molar-refractivity contribution in [3.8, 4) is 0 Å². The van der Waals surface area contributed by atoms with Crippen molar-refractivity contribution < 1.29 is 9.53 Å². The summed E-state index contributed by atoms with van der Waals surface area (Å²) in [7, 11) is 0. The largest absolute Gasteiger partial charge is 0.459 e. The van der Waals surface area contributed by atoms with Crippen molar-refractivity contribution in [2.24, 2.45) is 11.3 Å². The molecular weight excluding hydrogens is 428 g/mol. The van der Waals surface area contributed by atoms with E-state index in [9.17, 15) is 4.79 Å². The molecule has 35 heavy (non-hydrogen) atoms. The number of ether oxygens (including phenoxy) is 1. The molecule has 0 aromatic rings. The summed E-state index contributed by atoms with van der Waals surface area (Å²) in [6.07, 6.45) is 28.4. The number of carbonyl (C=O) groups excluding carboxylic acids is 1. The van der Waals surface area contributed by atoms with Gasteiger partial charge in [-0.2, -0.15) is 0 Å². The highest BCUT2D eigenvalue weighted by molar-refractivity contribution is 5.69. The van der Waals surface area contributed by atoms with Gasteiger partial charge in [0.1, 0.15) is 5.60 Å². The summed E-state index contributed by atoms with van der Waals surface area (Å²) in [5.41, 5.74) is 3.36. The van der Waals surface area contributed by atoms with Crippen LogP contribution in [-0.4, -0.2) is 11.6 Å². The fourth-order valence-corrected chi connectivity index (χ4v) is 6.76. The Hall–Kier alpha value is -0.790. The third-order valence-electron chi connectivity index (χ3n) is 9.36. The molecule has 0 spiro atoms. The number of unbranched alkanes of at least 4 members (excludes halogenated alkanes) is 14. The molecule has 204 valence electrons. The first kappa shape index (κ1) is 30.4.